The average Bonchev–Trinajstić information content (AvgIpc) is 3.98. The summed E-state index contributed by atoms with van der Waals surface area (Å²) < 4.78 is 12.8. The summed E-state index contributed by atoms with van der Waals surface area (Å²) in [6, 6.07) is 88.9. The maximum atomic E-state index is 6.56. The summed E-state index contributed by atoms with van der Waals surface area (Å²) in [5.41, 5.74) is 18.4. The highest BCUT2D eigenvalue weighted by Crippen LogP contribution is 2.43. The molecule has 0 spiro atoms. The summed E-state index contributed by atoms with van der Waals surface area (Å²) in [6.45, 7) is 0. The van der Waals surface area contributed by atoms with Gasteiger partial charge in [0.15, 0.2) is 0 Å². The first kappa shape index (κ1) is 38.5. The Balaban J connectivity index is 0.891. The van der Waals surface area contributed by atoms with Crippen molar-refractivity contribution in [2.45, 2.75) is 0 Å². The fourth-order valence-electron chi connectivity index (χ4n) is 9.99. The zero-order valence-corrected chi connectivity index (χ0v) is 36.4. The molecular formula is C64H41NO2. The number of rotatable bonds is 8. The number of nitrogens with zero attached hydrogens (tertiary/aromatic N) is 1. The van der Waals surface area contributed by atoms with Crippen LogP contribution in [-0.2, 0) is 0 Å². The van der Waals surface area contributed by atoms with Crippen molar-refractivity contribution in [3.8, 4) is 55.6 Å². The summed E-state index contributed by atoms with van der Waals surface area (Å²) in [5, 5.41) is 6.82. The lowest BCUT2D eigenvalue weighted by molar-refractivity contribution is 0.669. The van der Waals surface area contributed by atoms with Gasteiger partial charge in [-0.3, -0.25) is 0 Å². The van der Waals surface area contributed by atoms with Gasteiger partial charge in [-0.15, -0.1) is 0 Å². The van der Waals surface area contributed by atoms with E-state index in [0.717, 1.165) is 94.1 Å². The molecule has 0 radical (unpaired) electrons. The maximum absolute atomic E-state index is 6.56. The van der Waals surface area contributed by atoms with E-state index in [1.165, 1.54) is 33.2 Å². The fourth-order valence-corrected chi connectivity index (χ4v) is 9.99. The Kier molecular flexibility index (Phi) is 9.17. The monoisotopic (exact) mass is 855 g/mol. The second-order valence-electron chi connectivity index (χ2n) is 17.2. The van der Waals surface area contributed by atoms with Gasteiger partial charge in [-0.2, -0.15) is 0 Å². The van der Waals surface area contributed by atoms with Gasteiger partial charge >= 0.3 is 0 Å². The highest BCUT2D eigenvalue weighted by Gasteiger charge is 2.18. The molecule has 2 aromatic heterocycles. The lowest BCUT2D eigenvalue weighted by Gasteiger charge is -2.26. The smallest absolute Gasteiger partial charge is 0.143 e. The summed E-state index contributed by atoms with van der Waals surface area (Å²) in [7, 11) is 0. The molecule has 11 aromatic carbocycles. The SMILES string of the molecule is c1ccc(-c2ccc(-c3ccc(N(c4ccc(-c5ccc6c(c5)oc5ccccc56)cc4)c4ccc(-c5cccc6oc7c8ccccc8ccc7c56)cc4)cc3)cc2-c2ccccc2)cc1. The van der Waals surface area contributed by atoms with Gasteiger partial charge in [-0.1, -0.05) is 176 Å². The van der Waals surface area contributed by atoms with Gasteiger partial charge in [0.1, 0.15) is 22.3 Å². The standard InChI is InChI=1S/C64H41NO2/c1-3-12-44(13-4-1)53-37-29-48(40-59(53)45-14-5-2-6-15-45)42-22-31-50(32-23-42)65(51-33-24-43(25-34-51)49-30-38-57-56-18-9-10-20-60(56)66-62(57)41-49)52-35-26-47(27-36-52)54-19-11-21-61-63(54)58-39-28-46-16-7-8-17-55(46)64(58)67-61/h1-41H. The Labute approximate surface area is 388 Å². The van der Waals surface area contributed by atoms with Crippen LogP contribution in [0.25, 0.3) is 110 Å². The van der Waals surface area contributed by atoms with Crippen molar-refractivity contribution in [2.24, 2.45) is 0 Å². The molecule has 0 aliphatic heterocycles. The summed E-state index contributed by atoms with van der Waals surface area (Å²) in [6.07, 6.45) is 0. The fraction of sp³-hybridized carbons (Fsp3) is 0. The molecule has 67 heavy (non-hydrogen) atoms. The third-order valence-corrected chi connectivity index (χ3v) is 13.3. The van der Waals surface area contributed by atoms with Crippen LogP contribution in [0.2, 0.25) is 0 Å². The minimum Gasteiger partial charge on any atom is -0.456 e. The summed E-state index contributed by atoms with van der Waals surface area (Å²) in [4.78, 5) is 2.34. The van der Waals surface area contributed by atoms with E-state index in [0.29, 0.717) is 0 Å². The molecule has 3 nitrogen and oxygen atoms in total. The highest BCUT2D eigenvalue weighted by atomic mass is 16.3. The normalized spacial score (nSPS) is 11.6. The van der Waals surface area contributed by atoms with Crippen LogP contribution in [0.1, 0.15) is 0 Å². The number of benzene rings is 11. The number of hydrogen-bond acceptors (Lipinski definition) is 3. The molecule has 0 unspecified atom stereocenters. The number of furan rings is 2. The van der Waals surface area contributed by atoms with Crippen LogP contribution in [-0.4, -0.2) is 0 Å². The van der Waals surface area contributed by atoms with E-state index in [1.54, 1.807) is 0 Å². The van der Waals surface area contributed by atoms with Crippen LogP contribution < -0.4 is 4.90 Å². The van der Waals surface area contributed by atoms with Gasteiger partial charge in [-0.25, -0.2) is 0 Å². The first-order chi connectivity index (χ1) is 33.2. The van der Waals surface area contributed by atoms with Gasteiger partial charge in [0, 0.05) is 44.0 Å². The van der Waals surface area contributed by atoms with E-state index >= 15 is 0 Å². The van der Waals surface area contributed by atoms with Gasteiger partial charge in [-0.05, 0) is 134 Å². The van der Waals surface area contributed by atoms with Crippen molar-refractivity contribution in [3.63, 3.8) is 0 Å². The lowest BCUT2D eigenvalue weighted by Crippen LogP contribution is -2.09. The van der Waals surface area contributed by atoms with Crippen molar-refractivity contribution in [1.82, 2.24) is 0 Å². The van der Waals surface area contributed by atoms with Crippen molar-refractivity contribution in [3.05, 3.63) is 249 Å². The summed E-state index contributed by atoms with van der Waals surface area (Å²) in [5.74, 6) is 0. The lowest BCUT2D eigenvalue weighted by atomic mass is 9.91. The number of anilines is 3. The van der Waals surface area contributed by atoms with Crippen LogP contribution in [0, 0.1) is 0 Å². The molecule has 0 fully saturated rings. The molecule has 0 atom stereocenters. The minimum absolute atomic E-state index is 0.889. The second kappa shape index (κ2) is 16.0. The van der Waals surface area contributed by atoms with E-state index in [2.05, 4.69) is 241 Å². The van der Waals surface area contributed by atoms with E-state index in [9.17, 15) is 0 Å². The van der Waals surface area contributed by atoms with E-state index < -0.39 is 0 Å². The highest BCUT2D eigenvalue weighted by molar-refractivity contribution is 6.19. The Hall–Kier alpha value is -8.92. The molecule has 0 aliphatic rings. The van der Waals surface area contributed by atoms with Crippen molar-refractivity contribution in [1.29, 1.82) is 0 Å². The zero-order valence-electron chi connectivity index (χ0n) is 36.4. The molecular weight excluding hydrogens is 815 g/mol. The third-order valence-electron chi connectivity index (χ3n) is 13.3. The zero-order chi connectivity index (χ0) is 44.3. The first-order valence-corrected chi connectivity index (χ1v) is 22.8. The molecule has 0 amide bonds. The average molecular weight is 856 g/mol. The molecule has 3 heteroatoms. The molecule has 13 aromatic rings. The summed E-state index contributed by atoms with van der Waals surface area (Å²) >= 11 is 0. The number of para-hydroxylation sites is 1. The van der Waals surface area contributed by atoms with E-state index in [1.807, 2.05) is 12.1 Å². The molecule has 0 saturated carbocycles. The van der Waals surface area contributed by atoms with Crippen molar-refractivity contribution in [2.75, 3.05) is 4.90 Å². The molecule has 0 saturated heterocycles. The van der Waals surface area contributed by atoms with Gasteiger partial charge < -0.3 is 13.7 Å². The molecule has 0 aliphatic carbocycles. The Morgan fingerprint density at radius 1 is 0.254 bits per heavy atom. The quantitative estimate of drug-likeness (QED) is 0.152. The van der Waals surface area contributed by atoms with E-state index in [4.69, 9.17) is 8.83 Å². The van der Waals surface area contributed by atoms with Crippen molar-refractivity contribution >= 4 is 71.7 Å². The van der Waals surface area contributed by atoms with Crippen LogP contribution in [0.3, 0.4) is 0 Å². The largest absolute Gasteiger partial charge is 0.456 e. The van der Waals surface area contributed by atoms with E-state index in [-0.39, 0.29) is 0 Å². The Morgan fingerprint density at radius 2 is 0.761 bits per heavy atom. The topological polar surface area (TPSA) is 29.5 Å². The minimum atomic E-state index is 0.889. The molecule has 314 valence electrons. The number of fused-ring (bicyclic) bond motifs is 8. The maximum Gasteiger partial charge on any atom is 0.143 e. The molecule has 0 bridgehead atoms. The van der Waals surface area contributed by atoms with Crippen LogP contribution in [0.15, 0.2) is 258 Å². The van der Waals surface area contributed by atoms with Crippen LogP contribution >= 0.6 is 0 Å². The van der Waals surface area contributed by atoms with Gasteiger partial charge in [0.05, 0.1) is 0 Å². The number of hydrogen-bond donors (Lipinski definition) is 0. The molecule has 2 heterocycles. The first-order valence-electron chi connectivity index (χ1n) is 22.8. The van der Waals surface area contributed by atoms with Gasteiger partial charge in [0.25, 0.3) is 0 Å². The molecule has 13 rings (SSSR count). The third kappa shape index (κ3) is 6.76. The Bertz CT molecular complexity index is 3940. The van der Waals surface area contributed by atoms with Crippen LogP contribution in [0.4, 0.5) is 17.1 Å². The predicted molar refractivity (Wildman–Crippen MR) is 280 cm³/mol. The second-order valence-corrected chi connectivity index (χ2v) is 17.2. The Morgan fingerprint density at radius 3 is 1.46 bits per heavy atom. The van der Waals surface area contributed by atoms with Crippen molar-refractivity contribution < 1.29 is 8.83 Å². The van der Waals surface area contributed by atoms with Crippen LogP contribution in [0.5, 0.6) is 0 Å². The predicted octanol–water partition coefficient (Wildman–Crippen LogP) is 18.4. The van der Waals surface area contributed by atoms with Gasteiger partial charge in [0.2, 0.25) is 0 Å². The molecule has 0 N–H and O–H groups in total.